The predicted octanol–water partition coefficient (Wildman–Crippen LogP) is -0.284. The van der Waals surface area contributed by atoms with Crippen LogP contribution in [0.4, 0.5) is 5.82 Å². The maximum atomic E-state index is 9.78. The summed E-state index contributed by atoms with van der Waals surface area (Å²) < 4.78 is 0. The van der Waals surface area contributed by atoms with E-state index in [0.29, 0.717) is 13.0 Å². The third-order valence-corrected chi connectivity index (χ3v) is 2.39. The largest absolute Gasteiger partial charge is 0.390 e. The molecule has 16 heavy (non-hydrogen) atoms. The summed E-state index contributed by atoms with van der Waals surface area (Å²) in [5.74, 6) is 0.172. The minimum Gasteiger partial charge on any atom is -0.390 e. The second kappa shape index (κ2) is 5.95. The summed E-state index contributed by atoms with van der Waals surface area (Å²) in [6, 6.07) is 0. The Hall–Kier alpha value is -0.950. The molecule has 2 atom stereocenters. The molecule has 1 rings (SSSR count). The van der Waals surface area contributed by atoms with Gasteiger partial charge in [0.05, 0.1) is 12.3 Å². The Morgan fingerprint density at radius 1 is 1.56 bits per heavy atom. The van der Waals surface area contributed by atoms with Crippen molar-refractivity contribution in [2.45, 2.75) is 18.6 Å². The van der Waals surface area contributed by atoms with Crippen molar-refractivity contribution in [1.29, 1.82) is 0 Å². The van der Waals surface area contributed by atoms with Gasteiger partial charge in [0.25, 0.3) is 0 Å². The molecule has 1 heterocycles. The fraction of sp³-hybridized carbons (Fsp3) is 0.556. The van der Waals surface area contributed by atoms with Gasteiger partial charge in [0, 0.05) is 0 Å². The van der Waals surface area contributed by atoms with E-state index >= 15 is 0 Å². The number of nitrogens with one attached hydrogen (secondary N) is 1. The number of nitrogens with two attached hydrogens (primary N) is 1. The first-order valence-electron chi connectivity index (χ1n) is 4.85. The van der Waals surface area contributed by atoms with Crippen molar-refractivity contribution in [1.82, 2.24) is 15.3 Å². The number of aromatic nitrogens is 2. The highest BCUT2D eigenvalue weighted by molar-refractivity contribution is 6.30. The predicted molar refractivity (Wildman–Crippen MR) is 61.0 cm³/mol. The van der Waals surface area contributed by atoms with Crippen LogP contribution in [0.15, 0.2) is 6.20 Å². The van der Waals surface area contributed by atoms with E-state index in [0.717, 1.165) is 0 Å². The summed E-state index contributed by atoms with van der Waals surface area (Å²) in [5, 5.41) is 22.3. The molecule has 1 aromatic rings. The first-order chi connectivity index (χ1) is 7.56. The molecule has 0 saturated carbocycles. The number of hydrogen-bond acceptors (Lipinski definition) is 6. The Kier molecular flexibility index (Phi) is 4.88. The first kappa shape index (κ1) is 13.1. The minimum absolute atomic E-state index is 0.0102. The van der Waals surface area contributed by atoms with Crippen LogP contribution in [0.3, 0.4) is 0 Å². The van der Waals surface area contributed by atoms with Crippen LogP contribution in [0.25, 0.3) is 0 Å². The lowest BCUT2D eigenvalue weighted by molar-refractivity contribution is 0.0114. The Morgan fingerprint density at radius 3 is 2.81 bits per heavy atom. The zero-order chi connectivity index (χ0) is 12.1. The van der Waals surface area contributed by atoms with Crippen molar-refractivity contribution >= 4 is 17.4 Å². The molecule has 0 saturated heterocycles. The van der Waals surface area contributed by atoms with Gasteiger partial charge in [-0.3, -0.25) is 4.98 Å². The fourth-order valence-corrected chi connectivity index (χ4v) is 1.48. The van der Waals surface area contributed by atoms with Crippen molar-refractivity contribution < 1.29 is 10.2 Å². The van der Waals surface area contributed by atoms with E-state index in [9.17, 15) is 10.2 Å². The van der Waals surface area contributed by atoms with Gasteiger partial charge >= 0.3 is 0 Å². The second-order valence-electron chi connectivity index (χ2n) is 3.38. The molecule has 0 aliphatic heterocycles. The van der Waals surface area contributed by atoms with Gasteiger partial charge in [0.2, 0.25) is 0 Å². The molecule has 0 fully saturated rings. The number of nitrogen functional groups attached to an aromatic ring is 1. The van der Waals surface area contributed by atoms with Crippen LogP contribution in [0.5, 0.6) is 0 Å². The van der Waals surface area contributed by atoms with E-state index in [1.165, 1.54) is 6.20 Å². The molecule has 5 N–H and O–H groups in total. The maximum Gasteiger partial charge on any atom is 0.155 e. The molecule has 0 spiro atoms. The molecule has 0 aromatic carbocycles. The topological polar surface area (TPSA) is 104 Å². The van der Waals surface area contributed by atoms with Gasteiger partial charge in [-0.1, -0.05) is 11.6 Å². The van der Waals surface area contributed by atoms with Crippen LogP contribution in [0, 0.1) is 0 Å². The highest BCUT2D eigenvalue weighted by Gasteiger charge is 2.22. The number of hydrogen-bond donors (Lipinski definition) is 4. The summed E-state index contributed by atoms with van der Waals surface area (Å²) in [5.41, 5.74) is 5.51. The quantitative estimate of drug-likeness (QED) is 0.570. The average molecular weight is 247 g/mol. The monoisotopic (exact) mass is 246 g/mol. The van der Waals surface area contributed by atoms with Crippen LogP contribution in [0.1, 0.15) is 18.2 Å². The van der Waals surface area contributed by atoms with Crippen LogP contribution < -0.4 is 11.1 Å². The van der Waals surface area contributed by atoms with E-state index in [-0.39, 0.29) is 16.7 Å². The maximum absolute atomic E-state index is 9.78. The zero-order valence-corrected chi connectivity index (χ0v) is 9.65. The van der Waals surface area contributed by atoms with Crippen LogP contribution in [-0.2, 0) is 0 Å². The van der Waals surface area contributed by atoms with Crippen molar-refractivity contribution in [2.24, 2.45) is 0 Å². The summed E-state index contributed by atoms with van der Waals surface area (Å²) in [6.45, 7) is 0.582. The molecule has 0 bridgehead atoms. The molecular weight excluding hydrogens is 232 g/mol. The standard InChI is InChI=1S/C9H15ClN4O2/c1-12-3-2-5(15)8(16)7-9(10)14-6(11)4-13-7/h4-5,8,12,15-16H,2-3H2,1H3,(H2,11,14). The number of nitrogens with zero attached hydrogens (tertiary/aromatic N) is 2. The Morgan fingerprint density at radius 2 is 2.25 bits per heavy atom. The summed E-state index contributed by atoms with van der Waals surface area (Å²) in [4.78, 5) is 7.61. The van der Waals surface area contributed by atoms with Gasteiger partial charge in [-0.15, -0.1) is 0 Å². The molecule has 0 aliphatic carbocycles. The molecule has 7 heteroatoms. The van der Waals surface area contributed by atoms with E-state index in [1.807, 2.05) is 0 Å². The van der Waals surface area contributed by atoms with Gasteiger partial charge in [-0.25, -0.2) is 4.98 Å². The van der Waals surface area contributed by atoms with Crippen LogP contribution in [0.2, 0.25) is 5.15 Å². The molecular formula is C9H15ClN4O2. The van der Waals surface area contributed by atoms with E-state index in [2.05, 4.69) is 15.3 Å². The highest BCUT2D eigenvalue weighted by Crippen LogP contribution is 2.23. The van der Waals surface area contributed by atoms with Crippen molar-refractivity contribution in [3.8, 4) is 0 Å². The molecule has 0 amide bonds. The van der Waals surface area contributed by atoms with E-state index in [1.54, 1.807) is 7.05 Å². The lowest BCUT2D eigenvalue weighted by atomic mass is 10.1. The molecule has 0 radical (unpaired) electrons. The van der Waals surface area contributed by atoms with E-state index in [4.69, 9.17) is 17.3 Å². The lowest BCUT2D eigenvalue weighted by Crippen LogP contribution is -2.24. The van der Waals surface area contributed by atoms with Crippen molar-refractivity contribution in [3.63, 3.8) is 0 Å². The third kappa shape index (κ3) is 3.28. The van der Waals surface area contributed by atoms with Gasteiger partial charge in [-0.05, 0) is 20.0 Å². The first-order valence-corrected chi connectivity index (χ1v) is 5.22. The normalized spacial score (nSPS) is 14.8. The smallest absolute Gasteiger partial charge is 0.155 e. The number of anilines is 1. The van der Waals surface area contributed by atoms with Gasteiger partial charge < -0.3 is 21.3 Å². The van der Waals surface area contributed by atoms with E-state index < -0.39 is 12.2 Å². The number of aliphatic hydroxyl groups is 2. The van der Waals surface area contributed by atoms with Gasteiger partial charge in [0.1, 0.15) is 17.6 Å². The van der Waals surface area contributed by atoms with Crippen LogP contribution >= 0.6 is 11.6 Å². The van der Waals surface area contributed by atoms with Gasteiger partial charge in [-0.2, -0.15) is 0 Å². The Labute approximate surface area is 98.5 Å². The minimum atomic E-state index is -1.16. The highest BCUT2D eigenvalue weighted by atomic mass is 35.5. The number of halogens is 1. The summed E-state index contributed by atoms with van der Waals surface area (Å²) >= 11 is 5.76. The lowest BCUT2D eigenvalue weighted by Gasteiger charge is -2.17. The SMILES string of the molecule is CNCCC(O)C(O)c1ncc(N)nc1Cl. The molecule has 2 unspecified atom stereocenters. The summed E-state index contributed by atoms with van der Waals surface area (Å²) in [6.07, 6.45) is -0.424. The van der Waals surface area contributed by atoms with Gasteiger partial charge in [0.15, 0.2) is 5.15 Å². The fourth-order valence-electron chi connectivity index (χ4n) is 1.22. The second-order valence-corrected chi connectivity index (χ2v) is 3.73. The molecule has 90 valence electrons. The summed E-state index contributed by atoms with van der Waals surface area (Å²) in [7, 11) is 1.76. The Bertz CT molecular complexity index is 350. The number of rotatable bonds is 5. The third-order valence-electron chi connectivity index (χ3n) is 2.11. The Balaban J connectivity index is 2.75. The molecule has 6 nitrogen and oxygen atoms in total. The average Bonchev–Trinajstić information content (AvgIpc) is 2.25. The van der Waals surface area contributed by atoms with Crippen molar-refractivity contribution in [3.05, 3.63) is 17.0 Å². The van der Waals surface area contributed by atoms with Crippen molar-refractivity contribution in [2.75, 3.05) is 19.3 Å². The zero-order valence-electron chi connectivity index (χ0n) is 8.89. The molecule has 1 aromatic heterocycles. The van der Waals surface area contributed by atoms with Crippen LogP contribution in [-0.4, -0.2) is 39.9 Å². The molecule has 0 aliphatic rings. The number of aliphatic hydroxyl groups excluding tert-OH is 2.